The molecule has 0 aromatic carbocycles. The molecule has 0 aromatic rings. The molecule has 0 spiro atoms. The number of halogens is 2. The van der Waals surface area contributed by atoms with Gasteiger partial charge in [0.25, 0.3) is 0 Å². The van der Waals surface area contributed by atoms with Crippen LogP contribution in [0.1, 0.15) is 77.6 Å². The van der Waals surface area contributed by atoms with Gasteiger partial charge in [-0.2, -0.15) is 0 Å². The van der Waals surface area contributed by atoms with Gasteiger partial charge in [0, 0.05) is 0 Å². The summed E-state index contributed by atoms with van der Waals surface area (Å²) in [6, 6.07) is 0. The number of unbranched alkanes of at least 4 members (excludes halogenated alkanes) is 7. The highest BCUT2D eigenvalue weighted by Crippen LogP contribution is 2.33. The molecule has 0 unspecified atom stereocenters. The Morgan fingerprint density at radius 1 is 0.720 bits per heavy atom. The molecule has 0 atom stereocenters. The molecular formula is C21H44Br2N2. The summed E-state index contributed by atoms with van der Waals surface area (Å²) in [4.78, 5) is 0. The number of rotatable bonds is 12. The van der Waals surface area contributed by atoms with E-state index < -0.39 is 0 Å². The third-order valence-corrected chi connectivity index (χ3v) is 7.04. The molecule has 0 amide bonds. The van der Waals surface area contributed by atoms with Gasteiger partial charge in [-0.05, 0) is 57.8 Å². The van der Waals surface area contributed by atoms with Crippen LogP contribution in [0.2, 0.25) is 0 Å². The summed E-state index contributed by atoms with van der Waals surface area (Å²) < 4.78 is 2.70. The first-order valence-electron chi connectivity index (χ1n) is 10.7. The smallest absolute Gasteiger partial charge is 0.0789 e. The maximum absolute atomic E-state index is 2.36. The lowest BCUT2D eigenvalue weighted by Gasteiger charge is -2.49. The van der Waals surface area contributed by atoms with Crippen molar-refractivity contribution < 1.29 is 42.9 Å². The highest BCUT2D eigenvalue weighted by atomic mass is 79.9. The van der Waals surface area contributed by atoms with E-state index in [1.165, 1.54) is 119 Å². The van der Waals surface area contributed by atoms with Gasteiger partial charge in [0.15, 0.2) is 0 Å². The van der Waals surface area contributed by atoms with Crippen LogP contribution in [-0.2, 0) is 0 Å². The fourth-order valence-corrected chi connectivity index (χ4v) is 4.68. The Balaban J connectivity index is 0.00000288. The second kappa shape index (κ2) is 13.1. The molecule has 0 aliphatic carbocycles. The van der Waals surface area contributed by atoms with Crippen LogP contribution in [0.3, 0.4) is 0 Å². The summed E-state index contributed by atoms with van der Waals surface area (Å²) in [5, 5.41) is 0. The second-order valence-corrected chi connectivity index (χ2v) is 9.27. The summed E-state index contributed by atoms with van der Waals surface area (Å²) in [6.07, 6.45) is 16.4. The number of quaternary nitrogens is 2. The van der Waals surface area contributed by atoms with Crippen LogP contribution >= 0.6 is 0 Å². The van der Waals surface area contributed by atoms with Gasteiger partial charge in [-0.1, -0.05) is 25.7 Å². The van der Waals surface area contributed by atoms with Crippen molar-refractivity contribution in [3.8, 4) is 0 Å². The SMILES string of the molecule is CC[N+](C)(C)CCCCCCCCCC[N+]12CCC(CC1)CC2.[Br-].[Br-]. The molecule has 3 rings (SSSR count). The molecule has 0 aromatic heterocycles. The zero-order valence-corrected chi connectivity index (χ0v) is 20.4. The molecule has 3 aliphatic heterocycles. The van der Waals surface area contributed by atoms with Crippen molar-refractivity contribution in [2.75, 3.05) is 53.4 Å². The van der Waals surface area contributed by atoms with Gasteiger partial charge in [0.05, 0.1) is 53.4 Å². The highest BCUT2D eigenvalue weighted by Gasteiger charge is 2.38. The van der Waals surface area contributed by atoms with Crippen molar-refractivity contribution in [2.45, 2.75) is 77.6 Å². The van der Waals surface area contributed by atoms with E-state index in [2.05, 4.69) is 21.0 Å². The molecule has 25 heavy (non-hydrogen) atoms. The number of piperidine rings is 3. The van der Waals surface area contributed by atoms with Crippen molar-refractivity contribution in [3.63, 3.8) is 0 Å². The lowest BCUT2D eigenvalue weighted by atomic mass is 9.85. The summed E-state index contributed by atoms with van der Waals surface area (Å²) in [5.41, 5.74) is 0. The largest absolute Gasteiger partial charge is 1.00 e. The molecule has 3 aliphatic rings. The third kappa shape index (κ3) is 9.58. The van der Waals surface area contributed by atoms with Gasteiger partial charge in [-0.3, -0.25) is 0 Å². The average molecular weight is 484 g/mol. The van der Waals surface area contributed by atoms with E-state index in [1.807, 2.05) is 0 Å². The predicted molar refractivity (Wildman–Crippen MR) is 102 cm³/mol. The lowest BCUT2D eigenvalue weighted by Crippen LogP contribution is -3.00. The van der Waals surface area contributed by atoms with Gasteiger partial charge in [0.1, 0.15) is 0 Å². The first kappa shape index (κ1) is 25.9. The van der Waals surface area contributed by atoms with Crippen LogP contribution in [-0.4, -0.2) is 62.3 Å². The van der Waals surface area contributed by atoms with Crippen LogP contribution < -0.4 is 34.0 Å². The standard InChI is InChI=1S/C21H44N2.2BrH/c1-4-22(2,3)16-11-9-7-5-6-8-10-12-17-23-18-13-21(14-19-23)15-20-23;;/h21H,4-20H2,1-3H3;2*1H/q+2;;/p-2. The fraction of sp³-hybridized carbons (Fsp3) is 1.00. The van der Waals surface area contributed by atoms with Gasteiger partial charge in [0.2, 0.25) is 0 Å². The molecule has 3 fully saturated rings. The number of fused-ring (bicyclic) bond motifs is 3. The second-order valence-electron chi connectivity index (χ2n) is 9.27. The van der Waals surface area contributed by atoms with Gasteiger partial charge in [-0.25, -0.2) is 0 Å². The predicted octanol–water partition coefficient (Wildman–Crippen LogP) is -1.16. The van der Waals surface area contributed by atoms with Crippen LogP contribution in [0.15, 0.2) is 0 Å². The van der Waals surface area contributed by atoms with Crippen molar-refractivity contribution in [2.24, 2.45) is 5.92 Å². The Morgan fingerprint density at radius 2 is 1.16 bits per heavy atom. The van der Waals surface area contributed by atoms with E-state index in [1.54, 1.807) is 0 Å². The Kier molecular flexibility index (Phi) is 13.6. The molecule has 0 N–H and O–H groups in total. The van der Waals surface area contributed by atoms with Crippen molar-refractivity contribution in [3.05, 3.63) is 0 Å². The van der Waals surface area contributed by atoms with E-state index in [-0.39, 0.29) is 34.0 Å². The number of hydrogen-bond donors (Lipinski definition) is 0. The zero-order valence-electron chi connectivity index (χ0n) is 17.2. The Bertz CT molecular complexity index is 312. The molecule has 2 bridgehead atoms. The lowest BCUT2D eigenvalue weighted by molar-refractivity contribution is -0.942. The average Bonchev–Trinajstić information content (AvgIpc) is 2.58. The summed E-state index contributed by atoms with van der Waals surface area (Å²) in [6.45, 7) is 11.0. The Morgan fingerprint density at radius 3 is 1.64 bits per heavy atom. The van der Waals surface area contributed by atoms with Crippen molar-refractivity contribution >= 4 is 0 Å². The molecule has 0 radical (unpaired) electrons. The first-order valence-corrected chi connectivity index (χ1v) is 10.7. The topological polar surface area (TPSA) is 0 Å². The van der Waals surface area contributed by atoms with Crippen LogP contribution in [0, 0.1) is 5.92 Å². The minimum atomic E-state index is 0. The number of nitrogens with zero attached hydrogens (tertiary/aromatic N) is 2. The molecular weight excluding hydrogens is 440 g/mol. The third-order valence-electron chi connectivity index (χ3n) is 7.04. The van der Waals surface area contributed by atoms with Crippen LogP contribution in [0.4, 0.5) is 0 Å². The zero-order chi connectivity index (χ0) is 16.6. The maximum atomic E-state index is 2.36. The summed E-state index contributed by atoms with van der Waals surface area (Å²) >= 11 is 0. The van der Waals surface area contributed by atoms with Crippen molar-refractivity contribution in [1.82, 2.24) is 0 Å². The molecule has 3 saturated heterocycles. The molecule has 152 valence electrons. The van der Waals surface area contributed by atoms with E-state index in [4.69, 9.17) is 0 Å². The molecule has 3 heterocycles. The quantitative estimate of drug-likeness (QED) is 0.242. The maximum Gasteiger partial charge on any atom is 0.0789 e. The number of hydrogen-bond acceptors (Lipinski definition) is 0. The monoisotopic (exact) mass is 482 g/mol. The minimum Gasteiger partial charge on any atom is -1.00 e. The van der Waals surface area contributed by atoms with Gasteiger partial charge < -0.3 is 42.9 Å². The van der Waals surface area contributed by atoms with E-state index in [0.717, 1.165) is 5.92 Å². The van der Waals surface area contributed by atoms with E-state index >= 15 is 0 Å². The Hall–Kier alpha value is 0.880. The molecule has 0 saturated carbocycles. The summed E-state index contributed by atoms with van der Waals surface area (Å²) in [5.74, 6) is 1.11. The normalized spacial score (nSPS) is 25.3. The Labute approximate surface area is 179 Å². The minimum absolute atomic E-state index is 0. The highest BCUT2D eigenvalue weighted by molar-refractivity contribution is 4.71. The van der Waals surface area contributed by atoms with Crippen LogP contribution in [0.5, 0.6) is 0 Å². The van der Waals surface area contributed by atoms with E-state index in [0.29, 0.717) is 0 Å². The molecule has 2 nitrogen and oxygen atoms in total. The van der Waals surface area contributed by atoms with Gasteiger partial charge >= 0.3 is 0 Å². The first-order chi connectivity index (χ1) is 11.1. The van der Waals surface area contributed by atoms with Crippen LogP contribution in [0.25, 0.3) is 0 Å². The van der Waals surface area contributed by atoms with Gasteiger partial charge in [-0.15, -0.1) is 0 Å². The molecule has 4 heteroatoms. The van der Waals surface area contributed by atoms with Crippen molar-refractivity contribution in [1.29, 1.82) is 0 Å². The summed E-state index contributed by atoms with van der Waals surface area (Å²) in [7, 11) is 4.72. The fourth-order valence-electron chi connectivity index (χ4n) is 4.68. The van der Waals surface area contributed by atoms with E-state index in [9.17, 15) is 0 Å².